The number of phenols is 1. The van der Waals surface area contributed by atoms with Crippen LogP contribution in [0.15, 0.2) is 54.6 Å². The van der Waals surface area contributed by atoms with E-state index in [2.05, 4.69) is 48.3 Å². The summed E-state index contributed by atoms with van der Waals surface area (Å²) in [5, 5.41) is 11.3. The van der Waals surface area contributed by atoms with E-state index >= 15 is 0 Å². The third-order valence-corrected chi connectivity index (χ3v) is 6.52. The van der Waals surface area contributed by atoms with Crippen LogP contribution < -0.4 is 0 Å². The molecule has 0 radical (unpaired) electrons. The third-order valence-electron chi connectivity index (χ3n) is 6.52. The van der Waals surface area contributed by atoms with Gasteiger partial charge in [-0.1, -0.05) is 44.2 Å². The van der Waals surface area contributed by atoms with Gasteiger partial charge in [0.25, 0.3) is 0 Å². The number of para-hydroxylation sites is 1. The summed E-state index contributed by atoms with van der Waals surface area (Å²) in [5.41, 5.74) is 5.08. The summed E-state index contributed by atoms with van der Waals surface area (Å²) < 4.78 is 0. The Morgan fingerprint density at radius 1 is 1.07 bits per heavy atom. The topological polar surface area (TPSA) is 36.4 Å². The third kappa shape index (κ3) is 3.18. The molecule has 2 unspecified atom stereocenters. The average molecular weight is 375 g/mol. The normalized spacial score (nSPS) is 24.0. The van der Waals surface area contributed by atoms with Crippen molar-refractivity contribution in [3.63, 3.8) is 0 Å². The van der Waals surface area contributed by atoms with Gasteiger partial charge in [0.2, 0.25) is 0 Å². The van der Waals surface area contributed by atoms with Crippen LogP contribution in [-0.4, -0.2) is 35.1 Å². The molecule has 5 rings (SSSR count). The number of aromatic hydroxyl groups is 1. The average Bonchev–Trinajstić information content (AvgIpc) is 2.72. The zero-order chi connectivity index (χ0) is 19.7. The van der Waals surface area contributed by atoms with Crippen LogP contribution in [0.3, 0.4) is 0 Å². The molecule has 1 N–H and O–H groups in total. The smallest absolute Gasteiger partial charge is 0.115 e. The molecule has 1 fully saturated rings. The molecule has 3 heteroatoms. The summed E-state index contributed by atoms with van der Waals surface area (Å²) in [6.07, 6.45) is 3.15. The Balaban J connectivity index is 0.000000932. The number of pyridine rings is 1. The molecule has 2 heterocycles. The molecule has 0 bridgehead atoms. The van der Waals surface area contributed by atoms with E-state index in [1.165, 1.54) is 22.2 Å². The molecular weight excluding hydrogens is 344 g/mol. The lowest BCUT2D eigenvalue weighted by atomic mass is 9.58. The van der Waals surface area contributed by atoms with Crippen molar-refractivity contribution in [1.82, 2.24) is 9.88 Å². The van der Waals surface area contributed by atoms with Gasteiger partial charge < -0.3 is 10.0 Å². The highest BCUT2D eigenvalue weighted by Crippen LogP contribution is 2.48. The van der Waals surface area contributed by atoms with Crippen molar-refractivity contribution in [3.8, 4) is 5.75 Å². The minimum Gasteiger partial charge on any atom is -0.508 e. The standard InChI is InChI=1S/C23H24N2O.C2H6/c1-25-10-9-23(18-6-4-7-20(26)13-18)14-22-17(12-19(23)15-25)11-16-5-2-3-8-21(16)24-22;1-2/h2-8,11,13,19,26H,9-10,12,14-15H2,1H3;1-2H3. The summed E-state index contributed by atoms with van der Waals surface area (Å²) in [5.74, 6) is 0.922. The molecule has 2 aliphatic rings. The molecule has 1 aliphatic heterocycles. The van der Waals surface area contributed by atoms with Gasteiger partial charge in [0, 0.05) is 29.5 Å². The Kier molecular flexibility index (Phi) is 5.11. The number of piperidine rings is 1. The van der Waals surface area contributed by atoms with Gasteiger partial charge in [-0.15, -0.1) is 0 Å². The molecule has 3 nitrogen and oxygen atoms in total. The van der Waals surface area contributed by atoms with Crippen LogP contribution in [0.1, 0.15) is 37.1 Å². The van der Waals surface area contributed by atoms with Gasteiger partial charge in [-0.25, -0.2) is 0 Å². The maximum absolute atomic E-state index is 10.1. The van der Waals surface area contributed by atoms with E-state index in [0.29, 0.717) is 11.7 Å². The van der Waals surface area contributed by atoms with Crippen LogP contribution in [-0.2, 0) is 18.3 Å². The molecular formula is C25H30N2O. The van der Waals surface area contributed by atoms with Crippen LogP contribution in [0, 0.1) is 5.92 Å². The molecule has 0 saturated carbocycles. The quantitative estimate of drug-likeness (QED) is 0.654. The highest BCUT2D eigenvalue weighted by molar-refractivity contribution is 5.79. The van der Waals surface area contributed by atoms with Crippen molar-refractivity contribution in [3.05, 3.63) is 71.4 Å². The Morgan fingerprint density at radius 3 is 2.71 bits per heavy atom. The Labute approximate surface area is 168 Å². The van der Waals surface area contributed by atoms with Crippen LogP contribution >= 0.6 is 0 Å². The molecule has 146 valence electrons. The summed E-state index contributed by atoms with van der Waals surface area (Å²) in [6.45, 7) is 6.19. The van der Waals surface area contributed by atoms with E-state index in [1.807, 2.05) is 26.0 Å². The number of hydrogen-bond donors (Lipinski definition) is 1. The lowest BCUT2D eigenvalue weighted by molar-refractivity contribution is 0.0987. The maximum atomic E-state index is 10.1. The molecule has 1 aromatic heterocycles. The minimum atomic E-state index is 0.0771. The van der Waals surface area contributed by atoms with Gasteiger partial charge in [-0.05, 0) is 67.7 Å². The van der Waals surface area contributed by atoms with Crippen molar-refractivity contribution < 1.29 is 5.11 Å². The van der Waals surface area contributed by atoms with Crippen LogP contribution in [0.2, 0.25) is 0 Å². The van der Waals surface area contributed by atoms with E-state index in [4.69, 9.17) is 4.98 Å². The fraction of sp³-hybridized carbons (Fsp3) is 0.400. The van der Waals surface area contributed by atoms with Crippen LogP contribution in [0.5, 0.6) is 5.75 Å². The van der Waals surface area contributed by atoms with E-state index in [0.717, 1.165) is 37.9 Å². The predicted octanol–water partition coefficient (Wildman–Crippen LogP) is 4.95. The summed E-state index contributed by atoms with van der Waals surface area (Å²) in [4.78, 5) is 7.49. The van der Waals surface area contributed by atoms with Crippen molar-refractivity contribution in [2.45, 2.75) is 38.5 Å². The number of nitrogens with zero attached hydrogens (tertiary/aromatic N) is 2. The van der Waals surface area contributed by atoms with E-state index < -0.39 is 0 Å². The van der Waals surface area contributed by atoms with Crippen LogP contribution in [0.25, 0.3) is 10.9 Å². The van der Waals surface area contributed by atoms with E-state index in [9.17, 15) is 5.11 Å². The zero-order valence-corrected chi connectivity index (χ0v) is 17.2. The van der Waals surface area contributed by atoms with E-state index in [-0.39, 0.29) is 5.41 Å². The fourth-order valence-electron chi connectivity index (χ4n) is 5.12. The number of hydrogen-bond acceptors (Lipinski definition) is 3. The molecule has 28 heavy (non-hydrogen) atoms. The van der Waals surface area contributed by atoms with Crippen LogP contribution in [0.4, 0.5) is 0 Å². The number of likely N-dealkylation sites (tertiary alicyclic amines) is 1. The molecule has 2 atom stereocenters. The first-order valence-electron chi connectivity index (χ1n) is 10.5. The van der Waals surface area contributed by atoms with Gasteiger partial charge >= 0.3 is 0 Å². The zero-order valence-electron chi connectivity index (χ0n) is 17.2. The van der Waals surface area contributed by atoms with Crippen molar-refractivity contribution in [1.29, 1.82) is 0 Å². The fourth-order valence-corrected chi connectivity index (χ4v) is 5.12. The van der Waals surface area contributed by atoms with Gasteiger partial charge in [-0.2, -0.15) is 0 Å². The lowest BCUT2D eigenvalue weighted by Gasteiger charge is -2.50. The minimum absolute atomic E-state index is 0.0771. The Bertz CT molecular complexity index is 983. The van der Waals surface area contributed by atoms with Crippen molar-refractivity contribution >= 4 is 10.9 Å². The SMILES string of the molecule is CC.CN1CCC2(c3cccc(O)c3)Cc3nc4ccccc4cc3CC2C1. The Hall–Kier alpha value is -2.39. The van der Waals surface area contributed by atoms with Crippen molar-refractivity contribution in [2.75, 3.05) is 20.1 Å². The van der Waals surface area contributed by atoms with Gasteiger partial charge in [-0.3, -0.25) is 4.98 Å². The molecule has 1 saturated heterocycles. The number of benzene rings is 2. The number of phenolic OH excluding ortho intramolecular Hbond substituents is 1. The lowest BCUT2D eigenvalue weighted by Crippen LogP contribution is -2.53. The first kappa shape index (κ1) is 18.9. The van der Waals surface area contributed by atoms with Gasteiger partial charge in [0.05, 0.1) is 5.52 Å². The monoisotopic (exact) mass is 374 g/mol. The second-order valence-electron chi connectivity index (χ2n) is 8.08. The number of fused-ring (bicyclic) bond motifs is 3. The van der Waals surface area contributed by atoms with Gasteiger partial charge in [0.15, 0.2) is 0 Å². The molecule has 3 aromatic rings. The Morgan fingerprint density at radius 2 is 1.89 bits per heavy atom. The first-order valence-corrected chi connectivity index (χ1v) is 10.5. The van der Waals surface area contributed by atoms with Gasteiger partial charge in [0.1, 0.15) is 5.75 Å². The number of rotatable bonds is 1. The number of aromatic nitrogens is 1. The van der Waals surface area contributed by atoms with E-state index in [1.54, 1.807) is 6.07 Å². The summed E-state index contributed by atoms with van der Waals surface area (Å²) >= 11 is 0. The molecule has 1 aliphatic carbocycles. The van der Waals surface area contributed by atoms with Crippen molar-refractivity contribution in [2.24, 2.45) is 5.92 Å². The molecule has 2 aromatic carbocycles. The highest BCUT2D eigenvalue weighted by atomic mass is 16.3. The highest BCUT2D eigenvalue weighted by Gasteiger charge is 2.47. The second kappa shape index (κ2) is 7.56. The summed E-state index contributed by atoms with van der Waals surface area (Å²) in [7, 11) is 2.22. The summed E-state index contributed by atoms with van der Waals surface area (Å²) in [6, 6.07) is 18.7. The maximum Gasteiger partial charge on any atom is 0.115 e. The predicted molar refractivity (Wildman–Crippen MR) is 116 cm³/mol. The largest absolute Gasteiger partial charge is 0.508 e. The molecule has 0 spiro atoms. The molecule has 0 amide bonds. The first-order chi connectivity index (χ1) is 13.6. The second-order valence-corrected chi connectivity index (χ2v) is 8.08.